The number of fused-ring (bicyclic) bond motifs is 1. The van der Waals surface area contributed by atoms with Crippen LogP contribution in [0.5, 0.6) is 11.5 Å². The summed E-state index contributed by atoms with van der Waals surface area (Å²) in [4.78, 5) is 12.9. The summed E-state index contributed by atoms with van der Waals surface area (Å²) in [5.74, 6) is 1.99. The minimum Gasteiger partial charge on any atom is -0.497 e. The van der Waals surface area contributed by atoms with Crippen LogP contribution in [0.25, 0.3) is 22.1 Å². The van der Waals surface area contributed by atoms with Gasteiger partial charge < -0.3 is 18.6 Å². The van der Waals surface area contributed by atoms with Gasteiger partial charge in [0.2, 0.25) is 5.43 Å². The molecule has 0 amide bonds. The van der Waals surface area contributed by atoms with Gasteiger partial charge in [0.1, 0.15) is 35.6 Å². The summed E-state index contributed by atoms with van der Waals surface area (Å²) in [6.45, 7) is 3.05. The van der Waals surface area contributed by atoms with Crippen LogP contribution in [0.15, 0.2) is 51.7 Å². The Morgan fingerprint density at radius 3 is 2.52 bits per heavy atom. The predicted molar refractivity (Wildman–Crippen MR) is 94.4 cm³/mol. The smallest absolute Gasteiger partial charge is 0.200 e. The summed E-state index contributed by atoms with van der Waals surface area (Å²) in [6, 6.07) is 12.7. The van der Waals surface area contributed by atoms with Crippen LogP contribution < -0.4 is 14.9 Å². The van der Waals surface area contributed by atoms with E-state index in [9.17, 15) is 4.79 Å². The molecule has 0 spiro atoms. The third-order valence-electron chi connectivity index (χ3n) is 4.26. The molecule has 1 saturated heterocycles. The van der Waals surface area contributed by atoms with Crippen molar-refractivity contribution in [3.05, 3.63) is 58.4 Å². The van der Waals surface area contributed by atoms with Crippen LogP contribution in [0, 0.1) is 6.92 Å². The Kier molecular flexibility index (Phi) is 3.93. The Hall–Kier alpha value is -2.79. The molecule has 25 heavy (non-hydrogen) atoms. The Morgan fingerprint density at radius 2 is 1.84 bits per heavy atom. The molecular formula is C20H18O5. The van der Waals surface area contributed by atoms with Crippen molar-refractivity contribution in [1.29, 1.82) is 0 Å². The van der Waals surface area contributed by atoms with Crippen LogP contribution in [-0.2, 0) is 4.74 Å². The average molecular weight is 338 g/mol. The molecule has 0 saturated carbocycles. The van der Waals surface area contributed by atoms with Gasteiger partial charge in [0.25, 0.3) is 0 Å². The van der Waals surface area contributed by atoms with E-state index in [0.717, 1.165) is 17.9 Å². The zero-order valence-electron chi connectivity index (χ0n) is 14.1. The van der Waals surface area contributed by atoms with E-state index in [0.29, 0.717) is 34.6 Å². The predicted octanol–water partition coefficient (Wildman–Crippen LogP) is 3.55. The van der Waals surface area contributed by atoms with E-state index >= 15 is 0 Å². The second-order valence-electron chi connectivity index (χ2n) is 6.02. The van der Waals surface area contributed by atoms with E-state index in [1.165, 1.54) is 0 Å². The van der Waals surface area contributed by atoms with Gasteiger partial charge in [0.15, 0.2) is 0 Å². The van der Waals surface area contributed by atoms with Gasteiger partial charge in [-0.25, -0.2) is 0 Å². The van der Waals surface area contributed by atoms with Crippen molar-refractivity contribution < 1.29 is 18.6 Å². The monoisotopic (exact) mass is 338 g/mol. The first-order chi connectivity index (χ1) is 12.2. The average Bonchev–Trinajstić information content (AvgIpc) is 3.45. The van der Waals surface area contributed by atoms with E-state index in [-0.39, 0.29) is 11.5 Å². The van der Waals surface area contributed by atoms with E-state index in [1.807, 2.05) is 24.3 Å². The van der Waals surface area contributed by atoms with Crippen LogP contribution in [0.2, 0.25) is 0 Å². The van der Waals surface area contributed by atoms with Crippen LogP contribution in [0.4, 0.5) is 0 Å². The maximum atomic E-state index is 12.9. The van der Waals surface area contributed by atoms with Crippen LogP contribution >= 0.6 is 0 Å². The van der Waals surface area contributed by atoms with Crippen molar-refractivity contribution in [2.45, 2.75) is 13.0 Å². The molecule has 2 aromatic carbocycles. The summed E-state index contributed by atoms with van der Waals surface area (Å²) < 4.78 is 21.9. The number of benzene rings is 2. The van der Waals surface area contributed by atoms with Gasteiger partial charge in [-0.2, -0.15) is 0 Å². The lowest BCUT2D eigenvalue weighted by molar-refractivity contribution is 0.263. The van der Waals surface area contributed by atoms with Crippen LogP contribution in [0.1, 0.15) is 5.76 Å². The van der Waals surface area contributed by atoms with Gasteiger partial charge >= 0.3 is 0 Å². The minimum atomic E-state index is -0.0546. The fourth-order valence-corrected chi connectivity index (χ4v) is 2.82. The SMILES string of the molecule is COc1ccc(-c2c(C)oc3cc(OCC4CO4)ccc3c2=O)cc1. The molecule has 2 heterocycles. The first-order valence-corrected chi connectivity index (χ1v) is 8.12. The highest BCUT2D eigenvalue weighted by Gasteiger charge is 2.23. The fraction of sp³-hybridized carbons (Fsp3) is 0.250. The molecule has 1 unspecified atom stereocenters. The van der Waals surface area contributed by atoms with E-state index in [2.05, 4.69) is 0 Å². The third kappa shape index (κ3) is 3.10. The molecule has 1 atom stereocenters. The Balaban J connectivity index is 1.74. The lowest BCUT2D eigenvalue weighted by atomic mass is 10.0. The maximum absolute atomic E-state index is 12.9. The number of ether oxygens (including phenoxy) is 3. The summed E-state index contributed by atoms with van der Waals surface area (Å²) in [5, 5.41) is 0.534. The molecule has 1 fully saturated rings. The van der Waals surface area contributed by atoms with Crippen molar-refractivity contribution in [3.8, 4) is 22.6 Å². The topological polar surface area (TPSA) is 61.2 Å². The zero-order chi connectivity index (χ0) is 17.4. The molecular weight excluding hydrogens is 320 g/mol. The maximum Gasteiger partial charge on any atom is 0.200 e. The quantitative estimate of drug-likeness (QED) is 0.666. The molecule has 1 aromatic heterocycles. The molecule has 1 aliphatic rings. The summed E-state index contributed by atoms with van der Waals surface area (Å²) in [5.41, 5.74) is 1.84. The Bertz CT molecular complexity index is 968. The zero-order valence-corrected chi connectivity index (χ0v) is 14.1. The first-order valence-electron chi connectivity index (χ1n) is 8.12. The third-order valence-corrected chi connectivity index (χ3v) is 4.26. The van der Waals surface area contributed by atoms with Crippen molar-refractivity contribution in [1.82, 2.24) is 0 Å². The van der Waals surface area contributed by atoms with Crippen LogP contribution in [0.3, 0.4) is 0 Å². The molecule has 5 heteroatoms. The lowest BCUT2D eigenvalue weighted by Crippen LogP contribution is -2.08. The lowest BCUT2D eigenvalue weighted by Gasteiger charge is -2.09. The summed E-state index contributed by atoms with van der Waals surface area (Å²) >= 11 is 0. The van der Waals surface area contributed by atoms with Crippen molar-refractivity contribution in [3.63, 3.8) is 0 Å². The molecule has 4 rings (SSSR count). The fourth-order valence-electron chi connectivity index (χ4n) is 2.82. The standard InChI is InChI=1S/C20H18O5/c1-12-19(13-3-5-14(22-2)6-4-13)20(21)17-8-7-15(9-18(17)25-12)23-10-16-11-24-16/h3-9,16H,10-11H2,1-2H3. The highest BCUT2D eigenvalue weighted by Crippen LogP contribution is 2.27. The largest absolute Gasteiger partial charge is 0.497 e. The number of aryl methyl sites for hydroxylation is 1. The second-order valence-corrected chi connectivity index (χ2v) is 6.02. The molecule has 0 radical (unpaired) electrons. The Morgan fingerprint density at radius 1 is 1.12 bits per heavy atom. The minimum absolute atomic E-state index is 0.0546. The molecule has 128 valence electrons. The summed E-state index contributed by atoms with van der Waals surface area (Å²) in [6.07, 6.45) is 0.182. The molecule has 0 bridgehead atoms. The molecule has 0 aliphatic carbocycles. The van der Waals surface area contributed by atoms with Gasteiger partial charge in [-0.3, -0.25) is 4.79 Å². The number of hydrogen-bond donors (Lipinski definition) is 0. The molecule has 3 aromatic rings. The highest BCUT2D eigenvalue weighted by molar-refractivity contribution is 5.83. The van der Waals surface area contributed by atoms with Crippen molar-refractivity contribution in [2.75, 3.05) is 20.3 Å². The van der Waals surface area contributed by atoms with Gasteiger partial charge in [0.05, 0.1) is 24.7 Å². The van der Waals surface area contributed by atoms with E-state index in [4.69, 9.17) is 18.6 Å². The highest BCUT2D eigenvalue weighted by atomic mass is 16.6. The summed E-state index contributed by atoms with van der Waals surface area (Å²) in [7, 11) is 1.61. The molecule has 5 nitrogen and oxygen atoms in total. The molecule has 0 N–H and O–H groups in total. The Labute approximate surface area is 144 Å². The normalized spacial score (nSPS) is 16.0. The van der Waals surface area contributed by atoms with E-state index < -0.39 is 0 Å². The second kappa shape index (κ2) is 6.26. The van der Waals surface area contributed by atoms with Crippen LogP contribution in [-0.4, -0.2) is 26.4 Å². The number of hydrogen-bond acceptors (Lipinski definition) is 5. The van der Waals surface area contributed by atoms with Gasteiger partial charge in [0, 0.05) is 6.07 Å². The van der Waals surface area contributed by atoms with Gasteiger partial charge in [-0.15, -0.1) is 0 Å². The number of rotatable bonds is 5. The first kappa shape index (κ1) is 15.7. The van der Waals surface area contributed by atoms with Crippen molar-refractivity contribution >= 4 is 11.0 Å². The van der Waals surface area contributed by atoms with E-state index in [1.54, 1.807) is 32.2 Å². The van der Waals surface area contributed by atoms with Gasteiger partial charge in [-0.05, 0) is 36.8 Å². The van der Waals surface area contributed by atoms with Crippen molar-refractivity contribution in [2.24, 2.45) is 0 Å². The van der Waals surface area contributed by atoms with Gasteiger partial charge in [-0.1, -0.05) is 12.1 Å². The molecule has 1 aliphatic heterocycles. The number of epoxide rings is 1. The number of methoxy groups -OCH3 is 1.